The van der Waals surface area contributed by atoms with Crippen LogP contribution in [-0.4, -0.2) is 60.9 Å². The van der Waals surface area contributed by atoms with Gasteiger partial charge in [0.15, 0.2) is 5.37 Å². The van der Waals surface area contributed by atoms with Gasteiger partial charge in [0.2, 0.25) is 0 Å². The smallest absolute Gasteiger partial charge is 0.171 e. The Labute approximate surface area is 150 Å². The minimum absolute atomic E-state index is 0.281. The van der Waals surface area contributed by atoms with Crippen LogP contribution in [0.15, 0.2) is 0 Å². The number of nitrogens with zero attached hydrogens (tertiary/aromatic N) is 4. The molecule has 0 aliphatic carbocycles. The molecule has 13 heteroatoms. The first kappa shape index (κ1) is 20.2. The van der Waals surface area contributed by atoms with Gasteiger partial charge in [0, 0.05) is 11.0 Å². The Bertz CT molecular complexity index is 398. The molecule has 23 heavy (non-hydrogen) atoms. The summed E-state index contributed by atoms with van der Waals surface area (Å²) in [5.41, 5.74) is 0. The molecule has 2 aliphatic heterocycles. The number of rotatable bonds is 9. The lowest BCUT2D eigenvalue weighted by Gasteiger charge is -2.32. The summed E-state index contributed by atoms with van der Waals surface area (Å²) in [5.74, 6) is 0. The van der Waals surface area contributed by atoms with Crippen molar-refractivity contribution in [1.29, 1.82) is 0 Å². The minimum Gasteiger partial charge on any atom is -0.280 e. The molecule has 0 aromatic carbocycles. The van der Waals surface area contributed by atoms with Crippen molar-refractivity contribution in [2.75, 3.05) is 26.4 Å². The third-order valence-corrected chi connectivity index (χ3v) is 7.85. The van der Waals surface area contributed by atoms with Gasteiger partial charge in [0.25, 0.3) is 0 Å². The zero-order chi connectivity index (χ0) is 16.8. The first-order valence-corrected chi connectivity index (χ1v) is 12.0. The second-order valence-electron chi connectivity index (χ2n) is 4.04. The quantitative estimate of drug-likeness (QED) is 0.416. The van der Waals surface area contributed by atoms with Crippen LogP contribution in [0.25, 0.3) is 0 Å². The molecule has 2 saturated heterocycles. The Balaban J connectivity index is 2.17. The SMILES string of the molecule is CCON1SSC(C2N(OCC)N(OCC)SS2=O)N1OCC. The second kappa shape index (κ2) is 10.1. The van der Waals surface area contributed by atoms with E-state index in [1.165, 1.54) is 31.5 Å². The number of hydrogen-bond donors (Lipinski definition) is 0. The molecule has 0 saturated carbocycles. The Kier molecular flexibility index (Phi) is 8.90. The average molecular weight is 407 g/mol. The maximum atomic E-state index is 12.6. The number of hydrazine groups is 2. The molecule has 0 radical (unpaired) electrons. The van der Waals surface area contributed by atoms with Gasteiger partial charge in [0.05, 0.1) is 37.4 Å². The van der Waals surface area contributed by atoms with E-state index in [1.54, 1.807) is 9.75 Å². The van der Waals surface area contributed by atoms with Gasteiger partial charge in [-0.25, -0.2) is 4.21 Å². The van der Waals surface area contributed by atoms with Crippen LogP contribution in [0.2, 0.25) is 0 Å². The summed E-state index contributed by atoms with van der Waals surface area (Å²) in [6.07, 6.45) is 0. The highest BCUT2D eigenvalue weighted by Gasteiger charge is 2.53. The summed E-state index contributed by atoms with van der Waals surface area (Å²) in [5, 5.41) is 2.37. The van der Waals surface area contributed by atoms with E-state index in [0.717, 1.165) is 11.0 Å². The zero-order valence-corrected chi connectivity index (χ0v) is 16.7. The van der Waals surface area contributed by atoms with Gasteiger partial charge in [-0.3, -0.25) is 19.4 Å². The van der Waals surface area contributed by atoms with Gasteiger partial charge >= 0.3 is 0 Å². The van der Waals surface area contributed by atoms with Crippen molar-refractivity contribution in [3.05, 3.63) is 0 Å². The van der Waals surface area contributed by atoms with E-state index in [-0.39, 0.29) is 5.37 Å². The molecule has 2 heterocycles. The summed E-state index contributed by atoms with van der Waals surface area (Å²) in [7, 11) is 2.70. The first-order valence-electron chi connectivity index (χ1n) is 7.30. The summed E-state index contributed by atoms with van der Waals surface area (Å²) in [6, 6.07) is 0. The standard InChI is InChI=1S/C10H22N4O5S4/c1-5-16-11-9(20-21-13(11)18-7-3)10-12(17-6-2)14(19-8-4)22-23(10)15/h9-10H,5-8H2,1-4H3. The maximum absolute atomic E-state index is 12.6. The van der Waals surface area contributed by atoms with Gasteiger partial charge in [-0.2, -0.15) is 0 Å². The lowest BCUT2D eigenvalue weighted by atomic mass is 10.6. The lowest BCUT2D eigenvalue weighted by Crippen LogP contribution is -2.52. The first-order chi connectivity index (χ1) is 11.2. The predicted molar refractivity (Wildman–Crippen MR) is 92.4 cm³/mol. The highest BCUT2D eigenvalue weighted by molar-refractivity contribution is 8.76. The summed E-state index contributed by atoms with van der Waals surface area (Å²) in [4.78, 5) is 22.3. The maximum Gasteiger partial charge on any atom is 0.171 e. The Hall–Kier alpha value is 0.880. The van der Waals surface area contributed by atoms with Crippen LogP contribution in [0.4, 0.5) is 0 Å². The molecule has 3 unspecified atom stereocenters. The molecule has 9 nitrogen and oxygen atoms in total. The van der Waals surface area contributed by atoms with Crippen molar-refractivity contribution < 1.29 is 23.6 Å². The molecule has 3 atom stereocenters. The van der Waals surface area contributed by atoms with E-state index in [4.69, 9.17) is 19.4 Å². The summed E-state index contributed by atoms with van der Waals surface area (Å²) < 4.78 is 15.6. The van der Waals surface area contributed by atoms with Gasteiger partial charge in [-0.05, 0) is 47.6 Å². The van der Waals surface area contributed by atoms with Crippen molar-refractivity contribution >= 4 is 42.6 Å². The van der Waals surface area contributed by atoms with E-state index < -0.39 is 15.2 Å². The molecule has 0 aromatic rings. The molecule has 0 N–H and O–H groups in total. The van der Waals surface area contributed by atoms with Crippen molar-refractivity contribution in [3.8, 4) is 0 Å². The number of hydroxylamine groups is 2. The topological polar surface area (TPSA) is 67.0 Å². The molecule has 0 aromatic heterocycles. The molecule has 0 amide bonds. The highest BCUT2D eigenvalue weighted by Crippen LogP contribution is 2.49. The molecule has 2 fully saturated rings. The zero-order valence-electron chi connectivity index (χ0n) is 13.4. The molecule has 0 spiro atoms. The normalized spacial score (nSPS) is 31.4. The van der Waals surface area contributed by atoms with E-state index in [0.29, 0.717) is 26.4 Å². The fourth-order valence-electron chi connectivity index (χ4n) is 1.79. The van der Waals surface area contributed by atoms with Gasteiger partial charge in [-0.1, -0.05) is 10.3 Å². The molecule has 136 valence electrons. The summed E-state index contributed by atoms with van der Waals surface area (Å²) in [6.45, 7) is 9.39. The number of hydrogen-bond acceptors (Lipinski definition) is 12. The molecule has 2 rings (SSSR count). The van der Waals surface area contributed by atoms with Gasteiger partial charge in [0.1, 0.15) is 15.2 Å². The molecule has 2 aliphatic rings. The van der Waals surface area contributed by atoms with E-state index in [2.05, 4.69) is 0 Å². The van der Waals surface area contributed by atoms with Crippen LogP contribution in [0.5, 0.6) is 0 Å². The Morgan fingerprint density at radius 1 is 0.870 bits per heavy atom. The van der Waals surface area contributed by atoms with Crippen molar-refractivity contribution in [2.24, 2.45) is 0 Å². The van der Waals surface area contributed by atoms with Crippen LogP contribution in [-0.2, 0) is 29.2 Å². The predicted octanol–water partition coefficient (Wildman–Crippen LogP) is 2.12. The largest absolute Gasteiger partial charge is 0.280 e. The van der Waals surface area contributed by atoms with E-state index >= 15 is 0 Å². The lowest BCUT2D eigenvalue weighted by molar-refractivity contribution is -0.384. The van der Waals surface area contributed by atoms with Crippen LogP contribution >= 0.6 is 32.8 Å². The van der Waals surface area contributed by atoms with E-state index in [1.807, 2.05) is 27.7 Å². The fourth-order valence-corrected chi connectivity index (χ4v) is 7.77. The molecular weight excluding hydrogens is 384 g/mol. The van der Waals surface area contributed by atoms with Crippen molar-refractivity contribution in [3.63, 3.8) is 0 Å². The Morgan fingerprint density at radius 3 is 2.04 bits per heavy atom. The molecule has 0 bridgehead atoms. The van der Waals surface area contributed by atoms with E-state index in [9.17, 15) is 4.21 Å². The molecular formula is C10H22N4O5S4. The van der Waals surface area contributed by atoms with Crippen molar-refractivity contribution in [1.82, 2.24) is 19.5 Å². The van der Waals surface area contributed by atoms with Gasteiger partial charge < -0.3 is 0 Å². The minimum atomic E-state index is -1.28. The average Bonchev–Trinajstić information content (AvgIpc) is 3.03. The third-order valence-electron chi connectivity index (χ3n) is 2.54. The second-order valence-corrected chi connectivity index (χ2v) is 9.10. The summed E-state index contributed by atoms with van der Waals surface area (Å²) >= 11 is 0. The highest BCUT2D eigenvalue weighted by atomic mass is 33.1. The van der Waals surface area contributed by atoms with Crippen LogP contribution in [0, 0.1) is 0 Å². The van der Waals surface area contributed by atoms with Crippen LogP contribution in [0.1, 0.15) is 27.7 Å². The van der Waals surface area contributed by atoms with Crippen LogP contribution in [0.3, 0.4) is 0 Å². The Morgan fingerprint density at radius 2 is 1.43 bits per heavy atom. The fraction of sp³-hybridized carbons (Fsp3) is 1.00. The monoisotopic (exact) mass is 406 g/mol. The van der Waals surface area contributed by atoms with Crippen molar-refractivity contribution in [2.45, 2.75) is 38.4 Å². The third kappa shape index (κ3) is 4.74. The van der Waals surface area contributed by atoms with Crippen LogP contribution < -0.4 is 0 Å². The van der Waals surface area contributed by atoms with Gasteiger partial charge in [-0.15, -0.1) is 0 Å².